The molecule has 0 N–H and O–H groups in total. The number of benzene rings is 1. The maximum atomic E-state index is 12.4. The minimum atomic E-state index is -3.69. The van der Waals surface area contributed by atoms with E-state index in [1.165, 1.54) is 0 Å². The summed E-state index contributed by atoms with van der Waals surface area (Å²) in [6.45, 7) is 1.89. The van der Waals surface area contributed by atoms with Crippen molar-refractivity contribution >= 4 is 9.84 Å². The van der Waals surface area contributed by atoms with Crippen molar-refractivity contribution in [2.24, 2.45) is 5.92 Å². The lowest BCUT2D eigenvalue weighted by Gasteiger charge is -2.14. The highest BCUT2D eigenvalue weighted by Gasteiger charge is 2.22. The van der Waals surface area contributed by atoms with Gasteiger partial charge in [0, 0.05) is 0 Å². The molecular weight excluding hydrogens is 270 g/mol. The maximum Gasteiger partial charge on any atom is 0.216 e. The number of hydrogen-bond acceptors (Lipinski definition) is 3. The van der Waals surface area contributed by atoms with Crippen molar-refractivity contribution in [1.82, 2.24) is 0 Å². The van der Waals surface area contributed by atoms with Gasteiger partial charge < -0.3 is 0 Å². The third-order valence-electron chi connectivity index (χ3n) is 3.43. The molecule has 3 nitrogen and oxygen atoms in total. The molecule has 0 saturated carbocycles. The van der Waals surface area contributed by atoms with E-state index in [-0.39, 0.29) is 15.7 Å². The molecule has 1 atom stereocenters. The van der Waals surface area contributed by atoms with Crippen LogP contribution in [0.2, 0.25) is 0 Å². The molecule has 1 aliphatic rings. The summed E-state index contributed by atoms with van der Waals surface area (Å²) >= 11 is 0. The maximum absolute atomic E-state index is 12.4. The average molecular weight is 287 g/mol. The zero-order chi connectivity index (χ0) is 14.6. The van der Waals surface area contributed by atoms with E-state index in [0.29, 0.717) is 0 Å². The molecule has 1 aliphatic carbocycles. The molecule has 0 heterocycles. The van der Waals surface area contributed by atoms with Crippen molar-refractivity contribution in [1.29, 1.82) is 5.26 Å². The number of rotatable bonds is 3. The van der Waals surface area contributed by atoms with Gasteiger partial charge in [0.15, 0.2) is 0 Å². The van der Waals surface area contributed by atoms with Crippen molar-refractivity contribution in [2.45, 2.75) is 31.1 Å². The molecule has 0 aliphatic heterocycles. The lowest BCUT2D eigenvalue weighted by Crippen LogP contribution is -2.07. The second kappa shape index (κ2) is 6.06. The molecule has 4 heteroatoms. The SMILES string of the molecule is Cc1ccc(S(=O)(=O)/C(C#N)=C/[C@H]2CC=CCC2)cc1. The third-order valence-corrected chi connectivity index (χ3v) is 5.13. The van der Waals surface area contributed by atoms with Gasteiger partial charge in [-0.3, -0.25) is 0 Å². The largest absolute Gasteiger partial charge is 0.218 e. The van der Waals surface area contributed by atoms with Crippen molar-refractivity contribution < 1.29 is 8.42 Å². The van der Waals surface area contributed by atoms with Gasteiger partial charge in [-0.2, -0.15) is 5.26 Å². The Balaban J connectivity index is 2.35. The highest BCUT2D eigenvalue weighted by atomic mass is 32.2. The highest BCUT2D eigenvalue weighted by molar-refractivity contribution is 7.95. The van der Waals surface area contributed by atoms with Crippen LogP contribution >= 0.6 is 0 Å². The Morgan fingerprint density at radius 1 is 1.30 bits per heavy atom. The van der Waals surface area contributed by atoms with Crippen molar-refractivity contribution in [3.63, 3.8) is 0 Å². The van der Waals surface area contributed by atoms with Gasteiger partial charge in [-0.1, -0.05) is 35.9 Å². The van der Waals surface area contributed by atoms with Gasteiger partial charge in [0.25, 0.3) is 0 Å². The van der Waals surface area contributed by atoms with Gasteiger partial charge in [0.1, 0.15) is 11.0 Å². The minimum Gasteiger partial charge on any atom is -0.218 e. The zero-order valence-corrected chi connectivity index (χ0v) is 12.2. The fourth-order valence-electron chi connectivity index (χ4n) is 2.21. The molecule has 0 fully saturated rings. The molecular formula is C16H17NO2S. The summed E-state index contributed by atoms with van der Waals surface area (Å²) in [5, 5.41) is 9.19. The van der Waals surface area contributed by atoms with E-state index in [1.807, 2.05) is 19.1 Å². The van der Waals surface area contributed by atoms with E-state index in [9.17, 15) is 13.7 Å². The summed E-state index contributed by atoms with van der Waals surface area (Å²) in [5.41, 5.74) is 0.990. The predicted molar refractivity (Wildman–Crippen MR) is 78.5 cm³/mol. The molecule has 0 amide bonds. The van der Waals surface area contributed by atoms with Gasteiger partial charge in [-0.05, 0) is 44.2 Å². The highest BCUT2D eigenvalue weighted by Crippen LogP contribution is 2.25. The Morgan fingerprint density at radius 2 is 2.00 bits per heavy atom. The molecule has 0 saturated heterocycles. The molecule has 0 unspecified atom stereocenters. The van der Waals surface area contributed by atoms with Crippen LogP contribution in [0.3, 0.4) is 0 Å². The lowest BCUT2D eigenvalue weighted by molar-refractivity contribution is 0.579. The van der Waals surface area contributed by atoms with E-state index < -0.39 is 9.84 Å². The van der Waals surface area contributed by atoms with Gasteiger partial charge >= 0.3 is 0 Å². The number of hydrogen-bond donors (Lipinski definition) is 0. The Hall–Kier alpha value is -1.86. The molecule has 0 radical (unpaired) electrons. The first-order chi connectivity index (χ1) is 9.54. The summed E-state index contributed by atoms with van der Waals surface area (Å²) in [6, 6.07) is 8.44. The number of aryl methyl sites for hydroxylation is 1. The summed E-state index contributed by atoms with van der Waals surface area (Å²) in [4.78, 5) is 0.0453. The zero-order valence-electron chi connectivity index (χ0n) is 11.4. The second-order valence-corrected chi connectivity index (χ2v) is 6.92. The standard InChI is InChI=1S/C16H17NO2S/c1-13-7-9-15(10-8-13)20(18,19)16(12-17)11-14-5-3-2-4-6-14/h2-3,7-11,14H,4-6H2,1H3/b16-11+/t14-/m0/s1. The van der Waals surface area contributed by atoms with Crippen LogP contribution in [0, 0.1) is 24.2 Å². The molecule has 2 rings (SSSR count). The van der Waals surface area contributed by atoms with Crippen LogP contribution in [-0.2, 0) is 9.84 Å². The fraction of sp³-hybridized carbons (Fsp3) is 0.312. The molecule has 1 aromatic carbocycles. The molecule has 0 bridgehead atoms. The average Bonchev–Trinajstić information content (AvgIpc) is 2.46. The first-order valence-corrected chi connectivity index (χ1v) is 8.11. The van der Waals surface area contributed by atoms with Gasteiger partial charge in [0.05, 0.1) is 4.90 Å². The van der Waals surface area contributed by atoms with Crippen LogP contribution in [0.15, 0.2) is 52.3 Å². The van der Waals surface area contributed by atoms with Gasteiger partial charge in [-0.25, -0.2) is 8.42 Å². The lowest BCUT2D eigenvalue weighted by atomic mass is 9.94. The van der Waals surface area contributed by atoms with Crippen molar-refractivity contribution in [2.75, 3.05) is 0 Å². The third kappa shape index (κ3) is 3.17. The molecule has 1 aromatic rings. The summed E-state index contributed by atoms with van der Waals surface area (Å²) in [6.07, 6.45) is 8.37. The molecule has 20 heavy (non-hydrogen) atoms. The number of nitriles is 1. The summed E-state index contributed by atoms with van der Waals surface area (Å²) in [7, 11) is -3.69. The smallest absolute Gasteiger partial charge is 0.216 e. The summed E-state index contributed by atoms with van der Waals surface area (Å²) < 4.78 is 24.9. The van der Waals surface area contributed by atoms with Gasteiger partial charge in [-0.15, -0.1) is 0 Å². The monoisotopic (exact) mass is 287 g/mol. The molecule has 0 spiro atoms. The Morgan fingerprint density at radius 3 is 2.55 bits per heavy atom. The molecule has 0 aromatic heterocycles. The van der Waals surface area contributed by atoms with E-state index in [1.54, 1.807) is 30.3 Å². The van der Waals surface area contributed by atoms with Crippen LogP contribution in [-0.4, -0.2) is 8.42 Å². The minimum absolute atomic E-state index is 0.134. The number of allylic oxidation sites excluding steroid dienone is 4. The van der Waals surface area contributed by atoms with Crippen LogP contribution in [0.25, 0.3) is 0 Å². The fourth-order valence-corrected chi connectivity index (χ4v) is 3.45. The Bertz CT molecular complexity index is 676. The van der Waals surface area contributed by atoms with Crippen molar-refractivity contribution in [3.8, 4) is 6.07 Å². The Kier molecular flexibility index (Phi) is 4.41. The quantitative estimate of drug-likeness (QED) is 0.631. The van der Waals surface area contributed by atoms with E-state index >= 15 is 0 Å². The first kappa shape index (κ1) is 14.5. The van der Waals surface area contributed by atoms with Crippen LogP contribution in [0.4, 0.5) is 0 Å². The van der Waals surface area contributed by atoms with Crippen molar-refractivity contribution in [3.05, 3.63) is 53.0 Å². The molecule has 104 valence electrons. The second-order valence-electron chi connectivity index (χ2n) is 5.00. The van der Waals surface area contributed by atoms with E-state index in [0.717, 1.165) is 24.8 Å². The van der Waals surface area contributed by atoms with E-state index in [2.05, 4.69) is 6.08 Å². The normalized spacial score (nSPS) is 19.6. The predicted octanol–water partition coefficient (Wildman–Crippen LogP) is 3.53. The van der Waals surface area contributed by atoms with Crippen LogP contribution in [0.1, 0.15) is 24.8 Å². The summed E-state index contributed by atoms with van der Waals surface area (Å²) in [5.74, 6) is 0.134. The number of nitrogens with zero attached hydrogens (tertiary/aromatic N) is 1. The van der Waals surface area contributed by atoms with E-state index in [4.69, 9.17) is 0 Å². The Labute approximate surface area is 120 Å². The van der Waals surface area contributed by atoms with Crippen LogP contribution < -0.4 is 0 Å². The topological polar surface area (TPSA) is 57.9 Å². The van der Waals surface area contributed by atoms with Crippen LogP contribution in [0.5, 0.6) is 0 Å². The van der Waals surface area contributed by atoms with Gasteiger partial charge in [0.2, 0.25) is 9.84 Å². The first-order valence-electron chi connectivity index (χ1n) is 6.62. The number of sulfone groups is 1.